The van der Waals surface area contributed by atoms with Crippen molar-refractivity contribution in [1.29, 1.82) is 0 Å². The van der Waals surface area contributed by atoms with Crippen LogP contribution in [0.1, 0.15) is 64.8 Å². The minimum atomic E-state index is -0.930. The maximum Gasteiger partial charge on any atom is 0.262 e. The van der Waals surface area contributed by atoms with E-state index in [1.165, 1.54) is 12.8 Å². The monoisotopic (exact) mass is 396 g/mol. The number of piperidine rings is 2. The Hall–Kier alpha value is -2.58. The Morgan fingerprint density at radius 3 is 2.48 bits per heavy atom. The molecule has 3 saturated heterocycles. The summed E-state index contributed by atoms with van der Waals surface area (Å²) < 4.78 is 0. The van der Waals surface area contributed by atoms with Crippen molar-refractivity contribution in [1.82, 2.24) is 20.9 Å². The first-order valence-electron chi connectivity index (χ1n) is 10.3. The van der Waals surface area contributed by atoms with Gasteiger partial charge in [-0.05, 0) is 43.7 Å². The molecule has 8 heteroatoms. The Morgan fingerprint density at radius 2 is 1.76 bits per heavy atom. The van der Waals surface area contributed by atoms with Crippen LogP contribution in [0.3, 0.4) is 0 Å². The minimum absolute atomic E-state index is 0.121. The Morgan fingerprint density at radius 1 is 1.00 bits per heavy atom. The number of hydrogen-bond acceptors (Lipinski definition) is 6. The highest BCUT2D eigenvalue weighted by atomic mass is 16.2. The average Bonchev–Trinajstić information content (AvgIpc) is 3.17. The normalized spacial score (nSPS) is 31.2. The molecule has 3 N–H and O–H groups in total. The highest BCUT2D eigenvalue weighted by Gasteiger charge is 2.45. The van der Waals surface area contributed by atoms with Gasteiger partial charge in [-0.25, -0.2) is 0 Å². The first kappa shape index (κ1) is 18.4. The smallest absolute Gasteiger partial charge is 0.262 e. The number of nitrogens with one attached hydrogen (secondary N) is 3. The quantitative estimate of drug-likeness (QED) is 0.639. The summed E-state index contributed by atoms with van der Waals surface area (Å²) in [4.78, 5) is 50.7. The number of carbonyl (C=O) groups is 4. The molecule has 29 heavy (non-hydrogen) atoms. The van der Waals surface area contributed by atoms with Crippen molar-refractivity contribution < 1.29 is 19.2 Å². The number of rotatable bonds is 4. The van der Waals surface area contributed by atoms with Gasteiger partial charge in [0.15, 0.2) is 0 Å². The van der Waals surface area contributed by atoms with E-state index in [9.17, 15) is 19.2 Å². The summed E-state index contributed by atoms with van der Waals surface area (Å²) in [7, 11) is 0. The fourth-order valence-corrected chi connectivity index (χ4v) is 5.21. The molecule has 0 saturated carbocycles. The van der Waals surface area contributed by atoms with Crippen LogP contribution >= 0.6 is 0 Å². The van der Waals surface area contributed by atoms with Crippen LogP contribution in [0.25, 0.3) is 0 Å². The number of hydrogen-bond donors (Lipinski definition) is 3. The summed E-state index contributed by atoms with van der Waals surface area (Å²) in [6.45, 7) is 0.509. The van der Waals surface area contributed by atoms with Gasteiger partial charge in [-0.1, -0.05) is 12.1 Å². The van der Waals surface area contributed by atoms with E-state index in [-0.39, 0.29) is 18.7 Å². The first-order valence-corrected chi connectivity index (χ1v) is 10.3. The maximum absolute atomic E-state index is 13.1. The molecule has 1 aromatic rings. The number of nitrogens with zero attached hydrogens (tertiary/aromatic N) is 1. The molecule has 0 spiro atoms. The number of imide groups is 2. The van der Waals surface area contributed by atoms with E-state index >= 15 is 0 Å². The van der Waals surface area contributed by atoms with Crippen molar-refractivity contribution in [3.05, 3.63) is 34.9 Å². The van der Waals surface area contributed by atoms with E-state index in [4.69, 9.17) is 0 Å². The molecule has 0 aliphatic carbocycles. The lowest BCUT2D eigenvalue weighted by atomic mass is 9.98. The Balaban J connectivity index is 1.35. The van der Waals surface area contributed by atoms with Crippen LogP contribution in [0, 0.1) is 0 Å². The molecule has 3 unspecified atom stereocenters. The molecule has 3 atom stereocenters. The van der Waals surface area contributed by atoms with Crippen LogP contribution < -0.4 is 16.0 Å². The summed E-state index contributed by atoms with van der Waals surface area (Å²) in [6.07, 6.45) is 4.87. The van der Waals surface area contributed by atoms with Gasteiger partial charge in [-0.15, -0.1) is 0 Å². The second-order valence-corrected chi connectivity index (χ2v) is 8.47. The summed E-state index contributed by atoms with van der Waals surface area (Å²) >= 11 is 0. The van der Waals surface area contributed by atoms with Gasteiger partial charge < -0.3 is 10.6 Å². The Kier molecular flexibility index (Phi) is 4.48. The summed E-state index contributed by atoms with van der Waals surface area (Å²) in [5.41, 5.74) is 1.50. The Labute approximate surface area is 168 Å². The largest absolute Gasteiger partial charge is 0.311 e. The van der Waals surface area contributed by atoms with Gasteiger partial charge in [0, 0.05) is 31.1 Å². The molecule has 152 valence electrons. The van der Waals surface area contributed by atoms with E-state index < -0.39 is 23.8 Å². The number of fused-ring (bicyclic) bond motifs is 3. The molecule has 3 fully saturated rings. The molecule has 0 aromatic heterocycles. The summed E-state index contributed by atoms with van der Waals surface area (Å²) in [6, 6.07) is 5.87. The third kappa shape index (κ3) is 3.16. The van der Waals surface area contributed by atoms with Gasteiger partial charge in [0.05, 0.1) is 11.1 Å². The van der Waals surface area contributed by atoms with Crippen LogP contribution in [0.5, 0.6) is 0 Å². The van der Waals surface area contributed by atoms with Crippen LogP contribution in [0.2, 0.25) is 0 Å². The van der Waals surface area contributed by atoms with E-state index in [2.05, 4.69) is 16.0 Å². The zero-order valence-corrected chi connectivity index (χ0v) is 16.1. The maximum atomic E-state index is 13.1. The number of carbonyl (C=O) groups excluding carboxylic acids is 4. The lowest BCUT2D eigenvalue weighted by Crippen LogP contribution is -2.54. The zero-order chi connectivity index (χ0) is 20.1. The first-order chi connectivity index (χ1) is 14.0. The van der Waals surface area contributed by atoms with Crippen LogP contribution in [0.4, 0.5) is 0 Å². The molecule has 2 bridgehead atoms. The third-order valence-corrected chi connectivity index (χ3v) is 6.61. The second-order valence-electron chi connectivity index (χ2n) is 8.47. The summed E-state index contributed by atoms with van der Waals surface area (Å²) in [5.74, 6) is -1.85. The lowest BCUT2D eigenvalue weighted by molar-refractivity contribution is -0.136. The van der Waals surface area contributed by atoms with Crippen LogP contribution in [0.15, 0.2) is 18.2 Å². The van der Waals surface area contributed by atoms with E-state index in [1.807, 2.05) is 6.07 Å². The third-order valence-electron chi connectivity index (χ3n) is 6.61. The molecule has 0 radical (unpaired) electrons. The zero-order valence-electron chi connectivity index (χ0n) is 16.1. The highest BCUT2D eigenvalue weighted by molar-refractivity contribution is 6.24. The van der Waals surface area contributed by atoms with Crippen molar-refractivity contribution in [2.24, 2.45) is 0 Å². The van der Waals surface area contributed by atoms with E-state index in [1.54, 1.807) is 12.1 Å². The molecule has 1 aromatic carbocycles. The van der Waals surface area contributed by atoms with Crippen LogP contribution in [-0.2, 0) is 16.1 Å². The van der Waals surface area contributed by atoms with Gasteiger partial charge in [-0.2, -0.15) is 0 Å². The topological polar surface area (TPSA) is 108 Å². The molecular formula is C21H24N4O4. The lowest BCUT2D eigenvalue weighted by Gasteiger charge is -2.30. The molecule has 5 rings (SSSR count). The van der Waals surface area contributed by atoms with Crippen molar-refractivity contribution in [3.8, 4) is 0 Å². The van der Waals surface area contributed by atoms with Gasteiger partial charge in [0.1, 0.15) is 6.04 Å². The van der Waals surface area contributed by atoms with Crippen molar-refractivity contribution in [2.75, 3.05) is 0 Å². The molecular weight excluding hydrogens is 372 g/mol. The van der Waals surface area contributed by atoms with Crippen molar-refractivity contribution in [3.63, 3.8) is 0 Å². The predicted molar refractivity (Wildman–Crippen MR) is 103 cm³/mol. The average molecular weight is 396 g/mol. The minimum Gasteiger partial charge on any atom is -0.311 e. The number of benzene rings is 1. The van der Waals surface area contributed by atoms with Gasteiger partial charge >= 0.3 is 0 Å². The van der Waals surface area contributed by atoms with Gasteiger partial charge in [-0.3, -0.25) is 29.4 Å². The standard InChI is InChI=1S/C21H24N4O4/c26-17-7-6-16(19(27)24-17)25-20(28)15-3-1-2-11(18(15)21(25)29)10-22-14-8-12-4-5-13(9-14)23-12/h1-3,12-14,16,22-23H,4-10H2,(H,24,26,27). The van der Waals surface area contributed by atoms with Crippen LogP contribution in [-0.4, -0.2) is 52.7 Å². The Bertz CT molecular complexity index is 902. The van der Waals surface area contributed by atoms with Gasteiger partial charge in [0.25, 0.3) is 11.8 Å². The molecule has 4 aliphatic rings. The fourth-order valence-electron chi connectivity index (χ4n) is 5.21. The van der Waals surface area contributed by atoms with Crippen molar-refractivity contribution >= 4 is 23.6 Å². The van der Waals surface area contributed by atoms with E-state index in [0.717, 1.165) is 23.3 Å². The van der Waals surface area contributed by atoms with Crippen molar-refractivity contribution in [2.45, 2.75) is 69.2 Å². The van der Waals surface area contributed by atoms with E-state index in [0.29, 0.717) is 35.8 Å². The highest BCUT2D eigenvalue weighted by Crippen LogP contribution is 2.31. The molecule has 4 amide bonds. The predicted octanol–water partition coefficient (Wildman–Crippen LogP) is 0.460. The summed E-state index contributed by atoms with van der Waals surface area (Å²) in [5, 5.41) is 9.41. The second kappa shape index (κ2) is 7.03. The van der Waals surface area contributed by atoms with Gasteiger partial charge in [0.2, 0.25) is 11.8 Å². The SMILES string of the molecule is O=C1CCC(N2C(=O)c3cccc(CNC4CC5CCC(C4)N5)c3C2=O)C(=O)N1. The molecule has 4 heterocycles. The molecule has 8 nitrogen and oxygen atoms in total. The fraction of sp³-hybridized carbons (Fsp3) is 0.524. The number of amides is 4. The molecule has 4 aliphatic heterocycles.